The first-order valence-corrected chi connectivity index (χ1v) is 13.3. The molecule has 0 aliphatic carbocycles. The van der Waals surface area contributed by atoms with Crippen LogP contribution in [0.3, 0.4) is 0 Å². The van der Waals surface area contributed by atoms with Crippen molar-refractivity contribution in [3.63, 3.8) is 0 Å². The van der Waals surface area contributed by atoms with Crippen molar-refractivity contribution in [2.45, 2.75) is 72.8 Å². The van der Waals surface area contributed by atoms with Gasteiger partial charge in [-0.15, -0.1) is 0 Å². The van der Waals surface area contributed by atoms with Gasteiger partial charge in [-0.25, -0.2) is 0 Å². The van der Waals surface area contributed by atoms with E-state index in [1.54, 1.807) is 19.2 Å². The number of hydrogen-bond acceptors (Lipinski definition) is 7. The van der Waals surface area contributed by atoms with Crippen LogP contribution in [0.15, 0.2) is 82.5 Å². The molecule has 1 aliphatic rings. The van der Waals surface area contributed by atoms with Crippen molar-refractivity contribution in [2.24, 2.45) is 5.92 Å². The van der Waals surface area contributed by atoms with Crippen LogP contribution >= 0.6 is 0 Å². The van der Waals surface area contributed by atoms with Gasteiger partial charge in [0.05, 0.1) is 7.11 Å². The molecule has 1 aliphatic heterocycles. The van der Waals surface area contributed by atoms with Crippen LogP contribution in [-0.4, -0.2) is 54.9 Å². The summed E-state index contributed by atoms with van der Waals surface area (Å²) < 4.78 is 10.3. The molecule has 0 saturated carbocycles. The summed E-state index contributed by atoms with van der Waals surface area (Å²) in [6.07, 6.45) is 17.5. The van der Waals surface area contributed by atoms with E-state index < -0.39 is 11.9 Å². The Bertz CT molecular complexity index is 1090. The van der Waals surface area contributed by atoms with Gasteiger partial charge in [-0.05, 0) is 13.3 Å². The zero-order valence-electron chi connectivity index (χ0n) is 24.1. The number of ether oxygens (including phenoxy) is 2. The third-order valence-electron chi connectivity index (χ3n) is 6.32. The SMILES string of the molecule is [B]=C1OC(C(C)CC/C=C/NCC(=O)OC)=CC(O)=C1C(=O)/C(C)=C/C=C(\C)CCC(O)/C(C)=C\C/C=C/C. The van der Waals surface area contributed by atoms with E-state index in [1.807, 2.05) is 58.1 Å². The van der Waals surface area contributed by atoms with E-state index in [4.69, 9.17) is 12.2 Å². The quantitative estimate of drug-likeness (QED) is 0.0817. The van der Waals surface area contributed by atoms with Gasteiger partial charge in [-0.2, -0.15) is 0 Å². The zero-order valence-corrected chi connectivity index (χ0v) is 24.1. The van der Waals surface area contributed by atoms with Crippen LogP contribution in [0.5, 0.6) is 0 Å². The van der Waals surface area contributed by atoms with Gasteiger partial charge in [0.15, 0.2) is 0 Å². The molecule has 0 aromatic rings. The molecular weight excluding hydrogens is 493 g/mol. The summed E-state index contributed by atoms with van der Waals surface area (Å²) in [5.41, 5.74) is 2.17. The molecule has 1 heterocycles. The minimum atomic E-state index is -0.510. The molecule has 3 N–H and O–H groups in total. The first kappa shape index (κ1) is 33.6. The predicted molar refractivity (Wildman–Crippen MR) is 158 cm³/mol. The third-order valence-corrected chi connectivity index (χ3v) is 6.32. The fraction of sp³-hybridized carbons (Fsp3) is 0.452. The molecule has 211 valence electrons. The number of ketones is 1. The second-order valence-corrected chi connectivity index (χ2v) is 9.61. The van der Waals surface area contributed by atoms with Gasteiger partial charge in [0.2, 0.25) is 0 Å². The molecule has 2 atom stereocenters. The molecule has 0 fully saturated rings. The first-order chi connectivity index (χ1) is 18.5. The van der Waals surface area contributed by atoms with Crippen molar-refractivity contribution in [2.75, 3.05) is 13.7 Å². The molecule has 0 aromatic carbocycles. The van der Waals surface area contributed by atoms with E-state index in [0.717, 1.165) is 17.6 Å². The Morgan fingerprint density at radius 2 is 1.90 bits per heavy atom. The minimum Gasteiger partial charge on any atom is -0.0914 e. The molecule has 7 nitrogen and oxygen atoms in total. The van der Waals surface area contributed by atoms with E-state index in [1.165, 1.54) is 13.2 Å². The molecule has 0 bridgehead atoms. The van der Waals surface area contributed by atoms with Crippen LogP contribution in [0.25, 0.3) is 0 Å². The van der Waals surface area contributed by atoms with Gasteiger partial charge in [0.1, 0.15) is 0 Å². The molecule has 8 heteroatoms. The number of Topliss-reactive ketones (excluding diaryl/α,β-unsaturated/α-hetero) is 1. The number of hydrogen-bond donors (Lipinski definition) is 3. The summed E-state index contributed by atoms with van der Waals surface area (Å²) in [5, 5.41) is 23.8. The van der Waals surface area contributed by atoms with Crippen molar-refractivity contribution < 1.29 is 29.3 Å². The van der Waals surface area contributed by atoms with Crippen molar-refractivity contribution in [3.8, 4) is 0 Å². The molecule has 0 aromatic heterocycles. The van der Waals surface area contributed by atoms with Crippen LogP contribution in [0.2, 0.25) is 0 Å². The van der Waals surface area contributed by atoms with Crippen molar-refractivity contribution in [3.05, 3.63) is 82.5 Å². The Morgan fingerprint density at radius 1 is 1.18 bits per heavy atom. The average molecular weight is 536 g/mol. The Labute approximate surface area is 234 Å². The summed E-state index contributed by atoms with van der Waals surface area (Å²) in [4.78, 5) is 24.1. The molecular formula is C31H43BNO6. The monoisotopic (exact) mass is 536 g/mol. The number of carbonyl (C=O) groups excluding carboxylic acids is 2. The first-order valence-electron chi connectivity index (χ1n) is 13.3. The molecule has 1 radical (unpaired) electrons. The van der Waals surface area contributed by atoms with Crippen LogP contribution < -0.4 is 5.32 Å². The molecule has 0 amide bonds. The van der Waals surface area contributed by atoms with Crippen LogP contribution in [0.4, 0.5) is 0 Å². The fourth-order valence-corrected chi connectivity index (χ4v) is 3.62. The number of nitrogens with one attached hydrogen (secondary N) is 1. The maximum atomic E-state index is 13.0. The third kappa shape index (κ3) is 12.3. The second-order valence-electron chi connectivity index (χ2n) is 9.61. The van der Waals surface area contributed by atoms with E-state index in [-0.39, 0.29) is 35.4 Å². The molecule has 2 unspecified atom stereocenters. The summed E-state index contributed by atoms with van der Waals surface area (Å²) in [5.74, 6) is -0.579. The smallest absolute Gasteiger partial charge is 0.0914 e. The molecule has 0 saturated heterocycles. The van der Waals surface area contributed by atoms with Crippen LogP contribution in [0.1, 0.15) is 66.7 Å². The van der Waals surface area contributed by atoms with Crippen molar-refractivity contribution >= 4 is 24.9 Å². The minimum absolute atomic E-state index is 0.0602. The number of esters is 1. The van der Waals surface area contributed by atoms with Gasteiger partial charge < -0.3 is 0 Å². The summed E-state index contributed by atoms with van der Waals surface area (Å²) >= 11 is 0. The number of aliphatic hydroxyl groups is 2. The second kappa shape index (κ2) is 18.0. The Morgan fingerprint density at radius 3 is 2.54 bits per heavy atom. The fourth-order valence-electron chi connectivity index (χ4n) is 3.62. The Balaban J connectivity index is 2.75. The maximum absolute atomic E-state index is 13.0. The van der Waals surface area contributed by atoms with Gasteiger partial charge in [0.25, 0.3) is 0 Å². The molecule has 0 spiro atoms. The Kier molecular flexibility index (Phi) is 15.5. The van der Waals surface area contributed by atoms with E-state index in [9.17, 15) is 19.8 Å². The molecule has 1 rings (SSSR count). The summed E-state index contributed by atoms with van der Waals surface area (Å²) in [6, 6.07) is 0. The van der Waals surface area contributed by atoms with E-state index in [2.05, 4.69) is 10.1 Å². The van der Waals surface area contributed by atoms with Crippen molar-refractivity contribution in [1.82, 2.24) is 5.32 Å². The standard InChI is InChI=1S/C31H43BNO6/c1-7-8-9-12-22(3)25(34)17-15-21(2)14-16-24(5)30(37)29-26(35)19-27(39-31(29)32)23(4)13-10-11-18-33-20-28(36)38-6/h7-8,11-12,14,16,18-19,23,25,33-35H,9-10,13,15,17,20H2,1-6H3/b8-7+,18-11+,21-14+,22-12-,24-16+. The Hall–Kier alpha value is -3.39. The van der Waals surface area contributed by atoms with Gasteiger partial charge in [0, 0.05) is 0 Å². The summed E-state index contributed by atoms with van der Waals surface area (Å²) in [7, 11) is 7.38. The number of methoxy groups -OCH3 is 1. The number of aliphatic hydroxyl groups excluding tert-OH is 2. The zero-order chi connectivity index (χ0) is 29.4. The number of carbonyl (C=O) groups is 2. The van der Waals surface area contributed by atoms with Gasteiger partial charge in [-0.3, -0.25) is 0 Å². The van der Waals surface area contributed by atoms with Crippen LogP contribution in [-0.2, 0) is 19.1 Å². The normalized spacial score (nSPS) is 16.8. The predicted octanol–water partition coefficient (Wildman–Crippen LogP) is 5.22. The van der Waals surface area contributed by atoms with Crippen LogP contribution in [0, 0.1) is 5.92 Å². The average Bonchev–Trinajstić information content (AvgIpc) is 2.91. The summed E-state index contributed by atoms with van der Waals surface area (Å²) in [6.45, 7) is 9.52. The van der Waals surface area contributed by atoms with Crippen molar-refractivity contribution in [1.29, 1.82) is 0 Å². The molecule has 39 heavy (non-hydrogen) atoms. The number of allylic oxidation sites excluding steroid dienone is 10. The van der Waals surface area contributed by atoms with E-state index >= 15 is 0 Å². The van der Waals surface area contributed by atoms with Gasteiger partial charge >= 0.3 is 202 Å². The van der Waals surface area contributed by atoms with Gasteiger partial charge in [-0.1, -0.05) is 12.2 Å². The topological polar surface area (TPSA) is 105 Å². The number of rotatable bonds is 16. The van der Waals surface area contributed by atoms with E-state index in [0.29, 0.717) is 37.0 Å².